The van der Waals surface area contributed by atoms with Crippen LogP contribution in [-0.4, -0.2) is 42.7 Å². The largest absolute Gasteiger partial charge is 0.497 e. The Balaban J connectivity index is 1.32. The maximum Gasteiger partial charge on any atom is 0.295 e. The normalized spacial score (nSPS) is 16.6. The van der Waals surface area contributed by atoms with Crippen molar-refractivity contribution in [1.29, 1.82) is 0 Å². The second kappa shape index (κ2) is 10.3. The molecular weight excluding hydrogens is 445 g/mol. The number of nitrogens with zero attached hydrogens (tertiary/aromatic N) is 2. The lowest BCUT2D eigenvalue weighted by atomic mass is 9.89. The molecule has 1 atom stereocenters. The molecule has 4 rings (SSSR count). The summed E-state index contributed by atoms with van der Waals surface area (Å²) in [4.78, 5) is 7.15. The quantitative estimate of drug-likeness (QED) is 0.400. The second-order valence-electron chi connectivity index (χ2n) is 9.04. The number of fused-ring (bicyclic) bond motifs is 1. The van der Waals surface area contributed by atoms with Gasteiger partial charge in [0.15, 0.2) is 5.58 Å². The summed E-state index contributed by atoms with van der Waals surface area (Å²) in [5.74, 6) is 1.90. The van der Waals surface area contributed by atoms with Crippen molar-refractivity contribution in [1.82, 2.24) is 9.88 Å². The molecule has 0 bridgehead atoms. The van der Waals surface area contributed by atoms with Crippen molar-refractivity contribution in [3.63, 3.8) is 0 Å². The zero-order valence-corrected chi connectivity index (χ0v) is 20.4. The molecule has 2 aromatic carbocycles. The van der Waals surface area contributed by atoms with E-state index >= 15 is 0 Å². The molecular formula is C25H31Cl2N3O2. The van der Waals surface area contributed by atoms with E-state index in [2.05, 4.69) is 35.1 Å². The zero-order chi connectivity index (χ0) is 22.7. The summed E-state index contributed by atoms with van der Waals surface area (Å²) in [5, 5.41) is 4.79. The molecule has 1 aliphatic rings. The number of halogens is 2. The third-order valence-electron chi connectivity index (χ3n) is 6.38. The van der Waals surface area contributed by atoms with E-state index < -0.39 is 0 Å². The highest BCUT2D eigenvalue weighted by molar-refractivity contribution is 6.42. The van der Waals surface area contributed by atoms with Gasteiger partial charge in [0.2, 0.25) is 0 Å². The molecule has 3 aromatic rings. The van der Waals surface area contributed by atoms with Crippen molar-refractivity contribution >= 4 is 40.3 Å². The van der Waals surface area contributed by atoms with Gasteiger partial charge in [0.1, 0.15) is 11.3 Å². The first-order valence-corrected chi connectivity index (χ1v) is 12.0. The first-order valence-electron chi connectivity index (χ1n) is 11.3. The molecule has 0 saturated carbocycles. The van der Waals surface area contributed by atoms with Gasteiger partial charge in [0, 0.05) is 18.7 Å². The number of benzene rings is 2. The molecule has 0 radical (unpaired) electrons. The molecule has 0 aliphatic carbocycles. The van der Waals surface area contributed by atoms with Crippen molar-refractivity contribution in [2.45, 2.75) is 39.2 Å². The SMILES string of the molecule is COc1ccc2nc(N[C@H](CN3CCC(Cc4ccc(Cl)c(Cl)c4)CC3)C(C)C)oc2c1. The highest BCUT2D eigenvalue weighted by atomic mass is 35.5. The van der Waals surface area contributed by atoms with Gasteiger partial charge in [-0.15, -0.1) is 0 Å². The van der Waals surface area contributed by atoms with E-state index in [-0.39, 0.29) is 6.04 Å². The summed E-state index contributed by atoms with van der Waals surface area (Å²) in [7, 11) is 1.65. The smallest absolute Gasteiger partial charge is 0.295 e. The summed E-state index contributed by atoms with van der Waals surface area (Å²) >= 11 is 12.2. The number of anilines is 1. The molecule has 32 heavy (non-hydrogen) atoms. The van der Waals surface area contributed by atoms with Crippen LogP contribution in [0.4, 0.5) is 6.01 Å². The van der Waals surface area contributed by atoms with E-state index in [9.17, 15) is 0 Å². The van der Waals surface area contributed by atoms with Gasteiger partial charge < -0.3 is 19.4 Å². The monoisotopic (exact) mass is 475 g/mol. The van der Waals surface area contributed by atoms with Crippen LogP contribution in [0, 0.1) is 11.8 Å². The van der Waals surface area contributed by atoms with Gasteiger partial charge in [-0.2, -0.15) is 4.98 Å². The van der Waals surface area contributed by atoms with Crippen molar-refractivity contribution in [2.75, 3.05) is 32.1 Å². The van der Waals surface area contributed by atoms with Crippen molar-refractivity contribution in [3.8, 4) is 5.75 Å². The van der Waals surface area contributed by atoms with Gasteiger partial charge >= 0.3 is 0 Å². The minimum Gasteiger partial charge on any atom is -0.497 e. The summed E-state index contributed by atoms with van der Waals surface area (Å²) in [6.45, 7) is 7.64. The Bertz CT molecular complexity index is 1040. The second-order valence-corrected chi connectivity index (χ2v) is 9.86. The molecule has 5 nitrogen and oxygen atoms in total. The molecule has 1 aliphatic heterocycles. The molecule has 0 spiro atoms. The topological polar surface area (TPSA) is 50.5 Å². The molecule has 0 unspecified atom stereocenters. The highest BCUT2D eigenvalue weighted by Crippen LogP contribution is 2.28. The molecule has 1 N–H and O–H groups in total. The summed E-state index contributed by atoms with van der Waals surface area (Å²) in [6, 6.07) is 12.5. The fourth-order valence-corrected chi connectivity index (χ4v) is 4.65. The first kappa shape index (κ1) is 23.2. The lowest BCUT2D eigenvalue weighted by molar-refractivity contribution is 0.169. The van der Waals surface area contributed by atoms with Gasteiger partial charge in [-0.1, -0.05) is 43.1 Å². The molecule has 0 amide bonds. The van der Waals surface area contributed by atoms with E-state index in [1.165, 1.54) is 18.4 Å². The van der Waals surface area contributed by atoms with Crippen LogP contribution in [0.1, 0.15) is 32.3 Å². The number of aromatic nitrogens is 1. The third kappa shape index (κ3) is 5.69. The number of likely N-dealkylation sites (tertiary alicyclic amines) is 1. The zero-order valence-electron chi connectivity index (χ0n) is 18.9. The Morgan fingerprint density at radius 1 is 1.12 bits per heavy atom. The lowest BCUT2D eigenvalue weighted by Crippen LogP contribution is -2.43. The Hall–Kier alpha value is -1.95. The van der Waals surface area contributed by atoms with Crippen LogP contribution in [0.3, 0.4) is 0 Å². The van der Waals surface area contributed by atoms with Crippen molar-refractivity contribution in [3.05, 3.63) is 52.0 Å². The van der Waals surface area contributed by atoms with Crippen LogP contribution in [0.25, 0.3) is 11.1 Å². The van der Waals surface area contributed by atoms with E-state index in [0.29, 0.717) is 27.9 Å². The third-order valence-corrected chi connectivity index (χ3v) is 7.12. The molecule has 2 heterocycles. The highest BCUT2D eigenvalue weighted by Gasteiger charge is 2.24. The Morgan fingerprint density at radius 3 is 2.59 bits per heavy atom. The van der Waals surface area contributed by atoms with Crippen LogP contribution in [0.2, 0.25) is 10.0 Å². The molecule has 1 fully saturated rings. The number of oxazole rings is 1. The standard InChI is InChI=1S/C25H31Cl2N3O2/c1-16(2)23(29-25-28-22-7-5-19(31-3)14-24(22)32-25)15-30-10-8-17(9-11-30)12-18-4-6-20(26)21(27)13-18/h4-7,13-14,16-17,23H,8-12,15H2,1-3H3,(H,28,29)/t23-/m1/s1. The number of piperidine rings is 1. The number of methoxy groups -OCH3 is 1. The van der Waals surface area contributed by atoms with Crippen LogP contribution in [-0.2, 0) is 6.42 Å². The predicted molar refractivity (Wildman–Crippen MR) is 132 cm³/mol. The van der Waals surface area contributed by atoms with Gasteiger partial charge in [0.25, 0.3) is 6.01 Å². The van der Waals surface area contributed by atoms with E-state index in [1.54, 1.807) is 7.11 Å². The molecule has 172 valence electrons. The number of rotatable bonds is 8. The van der Waals surface area contributed by atoms with E-state index in [1.807, 2.05) is 30.3 Å². The molecule has 1 saturated heterocycles. The summed E-state index contributed by atoms with van der Waals surface area (Å²) in [6.07, 6.45) is 3.43. The summed E-state index contributed by atoms with van der Waals surface area (Å²) < 4.78 is 11.2. The van der Waals surface area contributed by atoms with Crippen LogP contribution < -0.4 is 10.1 Å². The number of hydrogen-bond donors (Lipinski definition) is 1. The summed E-state index contributed by atoms with van der Waals surface area (Å²) in [5.41, 5.74) is 2.84. The van der Waals surface area contributed by atoms with E-state index in [4.69, 9.17) is 32.4 Å². The van der Waals surface area contributed by atoms with Gasteiger partial charge in [-0.25, -0.2) is 0 Å². The van der Waals surface area contributed by atoms with Crippen molar-refractivity contribution < 1.29 is 9.15 Å². The molecule has 1 aromatic heterocycles. The maximum absolute atomic E-state index is 6.18. The maximum atomic E-state index is 6.18. The van der Waals surface area contributed by atoms with E-state index in [0.717, 1.165) is 42.9 Å². The Labute approximate surface area is 200 Å². The minimum atomic E-state index is 0.261. The fourth-order valence-electron chi connectivity index (χ4n) is 4.33. The van der Waals surface area contributed by atoms with Crippen LogP contribution >= 0.6 is 23.2 Å². The average molecular weight is 476 g/mol. The van der Waals surface area contributed by atoms with Crippen molar-refractivity contribution in [2.24, 2.45) is 11.8 Å². The Morgan fingerprint density at radius 2 is 1.91 bits per heavy atom. The van der Waals surface area contributed by atoms with Gasteiger partial charge in [-0.05, 0) is 74.0 Å². The number of ether oxygens (including phenoxy) is 1. The predicted octanol–water partition coefficient (Wildman–Crippen LogP) is 6.53. The first-order chi connectivity index (χ1) is 15.4. The Kier molecular flexibility index (Phi) is 7.49. The lowest BCUT2D eigenvalue weighted by Gasteiger charge is -2.35. The number of nitrogens with one attached hydrogen (secondary N) is 1. The molecule has 7 heteroatoms. The van der Waals surface area contributed by atoms with Gasteiger partial charge in [-0.3, -0.25) is 0 Å². The van der Waals surface area contributed by atoms with Crippen LogP contribution in [0.5, 0.6) is 5.75 Å². The minimum absolute atomic E-state index is 0.261. The average Bonchev–Trinajstić information content (AvgIpc) is 3.18. The number of hydrogen-bond acceptors (Lipinski definition) is 5. The fraction of sp³-hybridized carbons (Fsp3) is 0.480. The van der Waals surface area contributed by atoms with Crippen LogP contribution in [0.15, 0.2) is 40.8 Å². The van der Waals surface area contributed by atoms with Gasteiger partial charge in [0.05, 0.1) is 17.2 Å².